The van der Waals surface area contributed by atoms with Crippen molar-refractivity contribution in [3.05, 3.63) is 30.0 Å². The van der Waals surface area contributed by atoms with E-state index in [1.807, 2.05) is 12.1 Å². The Labute approximate surface area is 99.3 Å². The fourth-order valence-electron chi connectivity index (χ4n) is 1.64. The van der Waals surface area contributed by atoms with E-state index in [-0.39, 0.29) is 0 Å². The number of carboxylic acids is 1. The third-order valence-electron chi connectivity index (χ3n) is 2.52. The van der Waals surface area contributed by atoms with E-state index in [0.717, 1.165) is 43.8 Å². The highest BCUT2D eigenvalue weighted by Crippen LogP contribution is 2.13. The van der Waals surface area contributed by atoms with E-state index in [0.29, 0.717) is 0 Å². The van der Waals surface area contributed by atoms with Crippen molar-refractivity contribution in [2.75, 3.05) is 31.2 Å². The third-order valence-corrected chi connectivity index (χ3v) is 2.52. The van der Waals surface area contributed by atoms with Gasteiger partial charge in [-0.3, -0.25) is 0 Å². The van der Waals surface area contributed by atoms with Crippen molar-refractivity contribution in [3.8, 4) is 0 Å². The van der Waals surface area contributed by atoms with Crippen LogP contribution in [0, 0.1) is 0 Å². The number of rotatable bonds is 3. The summed E-state index contributed by atoms with van der Waals surface area (Å²) in [5.41, 5.74) is 0.782. The molecular weight excluding hydrogens is 220 g/mol. The van der Waals surface area contributed by atoms with Crippen LogP contribution in [0.5, 0.6) is 0 Å². The van der Waals surface area contributed by atoms with Crippen molar-refractivity contribution >= 4 is 17.9 Å². The molecule has 1 aromatic heterocycles. The van der Waals surface area contributed by atoms with Gasteiger partial charge in [0.2, 0.25) is 0 Å². The van der Waals surface area contributed by atoms with Gasteiger partial charge in [0.1, 0.15) is 5.82 Å². The van der Waals surface area contributed by atoms with E-state index >= 15 is 0 Å². The molecule has 0 bridgehead atoms. The Kier molecular flexibility index (Phi) is 3.72. The molecule has 1 aromatic rings. The van der Waals surface area contributed by atoms with Crippen LogP contribution in [-0.2, 0) is 9.53 Å². The molecule has 0 amide bonds. The highest BCUT2D eigenvalue weighted by atomic mass is 16.5. The average Bonchev–Trinajstić information content (AvgIpc) is 2.38. The van der Waals surface area contributed by atoms with E-state index in [1.54, 1.807) is 6.20 Å². The number of hydrogen-bond acceptors (Lipinski definition) is 4. The van der Waals surface area contributed by atoms with Gasteiger partial charge in [-0.1, -0.05) is 0 Å². The van der Waals surface area contributed by atoms with Crippen molar-refractivity contribution in [1.29, 1.82) is 0 Å². The predicted octanol–water partition coefficient (Wildman–Crippen LogP) is 1.02. The van der Waals surface area contributed by atoms with Gasteiger partial charge in [0.05, 0.1) is 13.2 Å². The highest BCUT2D eigenvalue weighted by Gasteiger charge is 2.11. The summed E-state index contributed by atoms with van der Waals surface area (Å²) in [5.74, 6) is -0.0527. The van der Waals surface area contributed by atoms with Gasteiger partial charge in [0.15, 0.2) is 0 Å². The minimum Gasteiger partial charge on any atom is -0.478 e. The Bertz CT molecular complexity index is 408. The van der Waals surface area contributed by atoms with Crippen molar-refractivity contribution in [2.45, 2.75) is 0 Å². The lowest BCUT2D eigenvalue weighted by atomic mass is 10.2. The number of aliphatic carboxylic acids is 1. The van der Waals surface area contributed by atoms with Crippen molar-refractivity contribution in [1.82, 2.24) is 4.98 Å². The Morgan fingerprint density at radius 2 is 2.18 bits per heavy atom. The molecule has 0 aromatic carbocycles. The highest BCUT2D eigenvalue weighted by molar-refractivity contribution is 5.85. The Hall–Kier alpha value is -1.88. The van der Waals surface area contributed by atoms with Crippen molar-refractivity contribution < 1.29 is 14.6 Å². The molecule has 5 nitrogen and oxygen atoms in total. The predicted molar refractivity (Wildman–Crippen MR) is 63.9 cm³/mol. The second kappa shape index (κ2) is 5.45. The molecule has 1 fully saturated rings. The fourth-order valence-corrected chi connectivity index (χ4v) is 1.64. The Balaban J connectivity index is 2.04. The molecule has 1 N–H and O–H groups in total. The van der Waals surface area contributed by atoms with Crippen LogP contribution in [0.1, 0.15) is 5.56 Å². The number of morpholine rings is 1. The molecule has 0 atom stereocenters. The summed E-state index contributed by atoms with van der Waals surface area (Å²) >= 11 is 0. The van der Waals surface area contributed by atoms with Crippen LogP contribution in [0.2, 0.25) is 0 Å². The summed E-state index contributed by atoms with van der Waals surface area (Å²) < 4.78 is 5.26. The number of anilines is 1. The molecule has 1 aliphatic heterocycles. The number of hydrogen-bond donors (Lipinski definition) is 1. The summed E-state index contributed by atoms with van der Waals surface area (Å²) in [6, 6.07) is 3.75. The van der Waals surface area contributed by atoms with E-state index in [2.05, 4.69) is 9.88 Å². The summed E-state index contributed by atoms with van der Waals surface area (Å²) in [4.78, 5) is 16.8. The van der Waals surface area contributed by atoms with Gasteiger partial charge in [0.25, 0.3) is 0 Å². The zero-order chi connectivity index (χ0) is 12.1. The maximum Gasteiger partial charge on any atom is 0.328 e. The summed E-state index contributed by atoms with van der Waals surface area (Å²) in [6.07, 6.45) is 4.30. The molecule has 0 radical (unpaired) electrons. The van der Waals surface area contributed by atoms with Crippen LogP contribution in [-0.4, -0.2) is 42.4 Å². The normalized spacial score (nSPS) is 16.4. The quantitative estimate of drug-likeness (QED) is 0.791. The van der Waals surface area contributed by atoms with Crippen LogP contribution in [0.25, 0.3) is 6.08 Å². The molecule has 1 saturated heterocycles. The molecule has 0 spiro atoms. The first-order valence-electron chi connectivity index (χ1n) is 5.45. The zero-order valence-corrected chi connectivity index (χ0v) is 9.37. The lowest BCUT2D eigenvalue weighted by molar-refractivity contribution is -0.131. The molecule has 5 heteroatoms. The number of pyridine rings is 1. The molecule has 2 rings (SSSR count). The molecular formula is C12H14N2O3. The number of nitrogens with zero attached hydrogens (tertiary/aromatic N) is 2. The second-order valence-electron chi connectivity index (χ2n) is 3.72. The Morgan fingerprint density at radius 3 is 2.76 bits per heavy atom. The zero-order valence-electron chi connectivity index (χ0n) is 9.37. The molecule has 90 valence electrons. The summed E-state index contributed by atoms with van der Waals surface area (Å²) in [6.45, 7) is 3.14. The average molecular weight is 234 g/mol. The molecule has 17 heavy (non-hydrogen) atoms. The van der Waals surface area contributed by atoms with E-state index in [1.165, 1.54) is 6.08 Å². The minimum atomic E-state index is -0.956. The number of carboxylic acid groups (broad SMARTS) is 1. The first-order chi connectivity index (χ1) is 8.25. The molecule has 0 saturated carbocycles. The lowest BCUT2D eigenvalue weighted by Crippen LogP contribution is -2.36. The first kappa shape index (κ1) is 11.6. The molecule has 1 aliphatic rings. The number of ether oxygens (including phenoxy) is 1. The fraction of sp³-hybridized carbons (Fsp3) is 0.333. The van der Waals surface area contributed by atoms with Gasteiger partial charge in [-0.15, -0.1) is 0 Å². The molecule has 2 heterocycles. The standard InChI is InChI=1S/C12H14N2O3/c15-12(16)4-2-10-1-3-11(13-9-10)14-5-7-17-8-6-14/h1-4,9H,5-8H2,(H,15,16). The van der Waals surface area contributed by atoms with Gasteiger partial charge < -0.3 is 14.7 Å². The van der Waals surface area contributed by atoms with E-state index in [9.17, 15) is 4.79 Å². The maximum atomic E-state index is 10.4. The van der Waals surface area contributed by atoms with Gasteiger partial charge in [-0.25, -0.2) is 9.78 Å². The smallest absolute Gasteiger partial charge is 0.328 e. The van der Waals surface area contributed by atoms with E-state index in [4.69, 9.17) is 9.84 Å². The maximum absolute atomic E-state index is 10.4. The topological polar surface area (TPSA) is 62.7 Å². The number of aromatic nitrogens is 1. The van der Waals surface area contributed by atoms with Crippen LogP contribution in [0.15, 0.2) is 24.4 Å². The van der Waals surface area contributed by atoms with Crippen LogP contribution in [0.4, 0.5) is 5.82 Å². The van der Waals surface area contributed by atoms with E-state index < -0.39 is 5.97 Å². The van der Waals surface area contributed by atoms with Crippen molar-refractivity contribution in [2.24, 2.45) is 0 Å². The SMILES string of the molecule is O=C(O)C=Cc1ccc(N2CCOCC2)nc1. The third kappa shape index (κ3) is 3.29. The van der Waals surface area contributed by atoms with Crippen LogP contribution < -0.4 is 4.90 Å². The second-order valence-corrected chi connectivity index (χ2v) is 3.72. The monoisotopic (exact) mass is 234 g/mol. The minimum absolute atomic E-state index is 0.725. The summed E-state index contributed by atoms with van der Waals surface area (Å²) in [5, 5.41) is 8.50. The van der Waals surface area contributed by atoms with Crippen molar-refractivity contribution in [3.63, 3.8) is 0 Å². The largest absolute Gasteiger partial charge is 0.478 e. The van der Waals surface area contributed by atoms with Gasteiger partial charge in [-0.2, -0.15) is 0 Å². The Morgan fingerprint density at radius 1 is 1.41 bits per heavy atom. The van der Waals surface area contributed by atoms with Crippen LogP contribution >= 0.6 is 0 Å². The van der Waals surface area contributed by atoms with Gasteiger partial charge in [-0.05, 0) is 23.8 Å². The molecule has 0 aliphatic carbocycles. The van der Waals surface area contributed by atoms with Gasteiger partial charge in [0, 0.05) is 25.4 Å². The summed E-state index contributed by atoms with van der Waals surface area (Å²) in [7, 11) is 0. The number of carbonyl (C=O) groups is 1. The first-order valence-corrected chi connectivity index (χ1v) is 5.45. The lowest BCUT2D eigenvalue weighted by Gasteiger charge is -2.27. The molecule has 0 unspecified atom stereocenters. The van der Waals surface area contributed by atoms with Crippen LogP contribution in [0.3, 0.4) is 0 Å². The van der Waals surface area contributed by atoms with Gasteiger partial charge >= 0.3 is 5.97 Å².